The third-order valence-corrected chi connectivity index (χ3v) is 2.92. The molecular weight excluding hydrogens is 392 g/mol. The average molecular weight is 397 g/mol. The molecular formula is C9H5F5INO3. The summed E-state index contributed by atoms with van der Waals surface area (Å²) >= 11 is 1.21. The largest absolute Gasteiger partial charge is 0.574 e. The summed E-state index contributed by atoms with van der Waals surface area (Å²) in [7, 11) is 0. The van der Waals surface area contributed by atoms with Crippen LogP contribution in [-0.4, -0.2) is 22.4 Å². The molecule has 1 aromatic heterocycles. The molecule has 1 N–H and O–H groups in total. The molecule has 0 radical (unpaired) electrons. The Balaban J connectivity index is 3.27. The van der Waals surface area contributed by atoms with Gasteiger partial charge >= 0.3 is 12.3 Å². The minimum Gasteiger partial charge on any atom is -0.481 e. The molecule has 0 saturated carbocycles. The second-order valence-electron chi connectivity index (χ2n) is 3.24. The summed E-state index contributed by atoms with van der Waals surface area (Å²) in [4.78, 5) is 13.7. The second kappa shape index (κ2) is 5.84. The minimum atomic E-state index is -5.07. The molecule has 4 nitrogen and oxygen atoms in total. The van der Waals surface area contributed by atoms with E-state index in [1.807, 2.05) is 0 Å². The van der Waals surface area contributed by atoms with Crippen LogP contribution >= 0.6 is 22.6 Å². The molecule has 19 heavy (non-hydrogen) atoms. The first-order valence-corrected chi connectivity index (χ1v) is 5.62. The molecule has 0 spiro atoms. The Morgan fingerprint density at radius 3 is 2.47 bits per heavy atom. The lowest BCUT2D eigenvalue weighted by Gasteiger charge is -2.14. The minimum absolute atomic E-state index is 0.360. The lowest BCUT2D eigenvalue weighted by atomic mass is 10.1. The van der Waals surface area contributed by atoms with E-state index < -0.39 is 40.2 Å². The van der Waals surface area contributed by atoms with E-state index in [4.69, 9.17) is 5.11 Å². The number of carbonyl (C=O) groups is 1. The van der Waals surface area contributed by atoms with Gasteiger partial charge in [0.15, 0.2) is 0 Å². The van der Waals surface area contributed by atoms with Crippen molar-refractivity contribution in [2.45, 2.75) is 19.2 Å². The van der Waals surface area contributed by atoms with Crippen LogP contribution in [0.25, 0.3) is 0 Å². The summed E-state index contributed by atoms with van der Waals surface area (Å²) in [6.45, 7) is 0. The number of hydrogen-bond donors (Lipinski definition) is 1. The van der Waals surface area contributed by atoms with Gasteiger partial charge in [-0.1, -0.05) is 0 Å². The topological polar surface area (TPSA) is 59.4 Å². The zero-order valence-electron chi connectivity index (χ0n) is 8.84. The molecule has 1 rings (SSSR count). The van der Waals surface area contributed by atoms with Crippen molar-refractivity contribution in [1.29, 1.82) is 0 Å². The van der Waals surface area contributed by atoms with E-state index in [2.05, 4.69) is 9.72 Å². The van der Waals surface area contributed by atoms with E-state index in [0.29, 0.717) is 6.20 Å². The highest BCUT2D eigenvalue weighted by molar-refractivity contribution is 14.1. The van der Waals surface area contributed by atoms with Crippen molar-refractivity contribution >= 4 is 28.6 Å². The van der Waals surface area contributed by atoms with Crippen molar-refractivity contribution in [3.05, 3.63) is 20.9 Å². The fourth-order valence-corrected chi connectivity index (χ4v) is 2.07. The van der Waals surface area contributed by atoms with Gasteiger partial charge in [0, 0.05) is 11.8 Å². The summed E-state index contributed by atoms with van der Waals surface area (Å²) in [6.07, 6.45) is -8.34. The van der Waals surface area contributed by atoms with Gasteiger partial charge in [0.25, 0.3) is 6.43 Å². The van der Waals surface area contributed by atoms with Gasteiger partial charge in [-0.05, 0) is 28.2 Å². The van der Waals surface area contributed by atoms with Gasteiger partial charge in [-0.25, -0.2) is 13.8 Å². The van der Waals surface area contributed by atoms with Crippen LogP contribution in [0.4, 0.5) is 22.0 Å². The van der Waals surface area contributed by atoms with Gasteiger partial charge in [0.05, 0.1) is 9.99 Å². The highest BCUT2D eigenvalue weighted by atomic mass is 127. The molecule has 0 bridgehead atoms. The van der Waals surface area contributed by atoms with Gasteiger partial charge in [0.2, 0.25) is 5.88 Å². The number of aromatic nitrogens is 1. The van der Waals surface area contributed by atoms with Gasteiger partial charge in [-0.3, -0.25) is 4.79 Å². The molecule has 0 aliphatic rings. The summed E-state index contributed by atoms with van der Waals surface area (Å²) in [5.41, 5.74) is -1.18. The first-order valence-electron chi connectivity index (χ1n) is 4.54. The number of aliphatic carboxylic acids is 1. The molecule has 0 aliphatic heterocycles. The van der Waals surface area contributed by atoms with Crippen LogP contribution in [0.5, 0.6) is 5.88 Å². The number of carboxylic acids is 1. The lowest BCUT2D eigenvalue weighted by Crippen LogP contribution is -2.20. The Kier molecular flexibility index (Phi) is 4.87. The van der Waals surface area contributed by atoms with E-state index in [9.17, 15) is 26.7 Å². The van der Waals surface area contributed by atoms with Crippen LogP contribution in [0.15, 0.2) is 6.20 Å². The van der Waals surface area contributed by atoms with E-state index >= 15 is 0 Å². The maximum absolute atomic E-state index is 12.8. The predicted molar refractivity (Wildman–Crippen MR) is 59.9 cm³/mol. The maximum Gasteiger partial charge on any atom is 0.574 e. The molecule has 0 saturated heterocycles. The number of hydrogen-bond acceptors (Lipinski definition) is 3. The number of ether oxygens (including phenoxy) is 1. The predicted octanol–water partition coefficient (Wildman–Crippen LogP) is 3.15. The summed E-state index contributed by atoms with van der Waals surface area (Å²) in [5, 5.41) is 8.53. The van der Waals surface area contributed by atoms with Crippen molar-refractivity contribution in [1.82, 2.24) is 4.98 Å². The van der Waals surface area contributed by atoms with Crippen LogP contribution in [0, 0.1) is 3.57 Å². The van der Waals surface area contributed by atoms with E-state index in [1.165, 1.54) is 22.6 Å². The van der Waals surface area contributed by atoms with Gasteiger partial charge < -0.3 is 9.84 Å². The molecule has 0 amide bonds. The standard InChI is InChI=1S/C9H5F5INO3/c10-7(11)5-3(1-4(17)18)2-16-8(6(5)15)19-9(12,13)14/h2,7H,1H2,(H,17,18). The zero-order valence-corrected chi connectivity index (χ0v) is 11.0. The van der Waals surface area contributed by atoms with Crippen molar-refractivity contribution in [3.8, 4) is 5.88 Å². The fraction of sp³-hybridized carbons (Fsp3) is 0.333. The number of halogens is 6. The summed E-state index contributed by atoms with van der Waals surface area (Å²) in [5.74, 6) is -2.43. The number of carboxylic acid groups (broad SMARTS) is 1. The molecule has 0 atom stereocenters. The maximum atomic E-state index is 12.8. The SMILES string of the molecule is O=C(O)Cc1cnc(OC(F)(F)F)c(I)c1C(F)F. The summed E-state index contributed by atoms with van der Waals surface area (Å²) in [6, 6.07) is 0. The first-order chi connectivity index (χ1) is 8.61. The Bertz CT molecular complexity index is 491. The van der Waals surface area contributed by atoms with Crippen molar-refractivity contribution in [2.24, 2.45) is 0 Å². The number of pyridine rings is 1. The van der Waals surface area contributed by atoms with E-state index in [0.717, 1.165) is 0 Å². The Morgan fingerprint density at radius 2 is 2.05 bits per heavy atom. The van der Waals surface area contributed by atoms with Crippen LogP contribution < -0.4 is 4.74 Å². The summed E-state index contributed by atoms with van der Waals surface area (Å²) < 4.78 is 64.5. The Hall–Kier alpha value is -1.20. The quantitative estimate of drug-likeness (QED) is 0.627. The number of rotatable bonds is 4. The van der Waals surface area contributed by atoms with Gasteiger partial charge in [-0.15, -0.1) is 13.2 Å². The fourth-order valence-electron chi connectivity index (χ4n) is 1.24. The molecule has 1 aromatic rings. The second-order valence-corrected chi connectivity index (χ2v) is 4.31. The number of alkyl halides is 5. The van der Waals surface area contributed by atoms with Crippen LogP contribution in [-0.2, 0) is 11.2 Å². The molecule has 10 heteroatoms. The normalized spacial score (nSPS) is 11.7. The van der Waals surface area contributed by atoms with E-state index in [-0.39, 0.29) is 5.56 Å². The van der Waals surface area contributed by atoms with Crippen molar-refractivity contribution in [2.75, 3.05) is 0 Å². The highest BCUT2D eigenvalue weighted by Crippen LogP contribution is 2.35. The van der Waals surface area contributed by atoms with Gasteiger partial charge in [0.1, 0.15) is 0 Å². The Labute approximate surface area is 116 Å². The molecule has 0 aromatic carbocycles. The molecule has 0 unspecified atom stereocenters. The molecule has 1 heterocycles. The third-order valence-electron chi connectivity index (χ3n) is 1.88. The molecule has 106 valence electrons. The van der Waals surface area contributed by atoms with Crippen LogP contribution in [0.1, 0.15) is 17.6 Å². The monoisotopic (exact) mass is 397 g/mol. The average Bonchev–Trinajstić information content (AvgIpc) is 2.19. The molecule has 0 fully saturated rings. The zero-order chi connectivity index (χ0) is 14.8. The Morgan fingerprint density at radius 1 is 1.47 bits per heavy atom. The van der Waals surface area contributed by atoms with Crippen LogP contribution in [0.2, 0.25) is 0 Å². The highest BCUT2D eigenvalue weighted by Gasteiger charge is 2.34. The lowest BCUT2D eigenvalue weighted by molar-refractivity contribution is -0.276. The molecule has 0 aliphatic carbocycles. The van der Waals surface area contributed by atoms with Crippen molar-refractivity contribution < 1.29 is 36.6 Å². The third kappa shape index (κ3) is 4.44. The number of nitrogens with zero attached hydrogens (tertiary/aromatic N) is 1. The smallest absolute Gasteiger partial charge is 0.481 e. The first kappa shape index (κ1) is 15.9. The van der Waals surface area contributed by atoms with Crippen LogP contribution in [0.3, 0.4) is 0 Å². The van der Waals surface area contributed by atoms with E-state index in [1.54, 1.807) is 0 Å². The van der Waals surface area contributed by atoms with Crippen molar-refractivity contribution in [3.63, 3.8) is 0 Å². The van der Waals surface area contributed by atoms with Gasteiger partial charge in [-0.2, -0.15) is 0 Å².